The molecule has 0 unspecified atom stereocenters. The topological polar surface area (TPSA) is 98.7 Å². The number of nitrogens with two attached hydrogens (primary N) is 1. The molecule has 126 valence electrons. The van der Waals surface area contributed by atoms with Gasteiger partial charge in [0.25, 0.3) is 5.69 Å². The van der Waals surface area contributed by atoms with Crippen LogP contribution in [0.4, 0.5) is 11.4 Å². The largest absolute Gasteiger partial charge is 0.492 e. The number of anilines is 1. The first-order chi connectivity index (χ1) is 11.4. The van der Waals surface area contributed by atoms with Crippen LogP contribution in [0.1, 0.15) is 10.4 Å². The highest BCUT2D eigenvalue weighted by molar-refractivity contribution is 6.30. The van der Waals surface area contributed by atoms with Gasteiger partial charge < -0.3 is 15.4 Å². The quantitative estimate of drug-likeness (QED) is 0.612. The molecule has 1 amide bonds. The van der Waals surface area contributed by atoms with E-state index in [4.69, 9.17) is 22.1 Å². The predicted octanol–water partition coefficient (Wildman–Crippen LogP) is 2.86. The van der Waals surface area contributed by atoms with Gasteiger partial charge in [0.15, 0.2) is 0 Å². The minimum absolute atomic E-state index is 0.0917. The molecule has 0 saturated heterocycles. The number of likely N-dealkylation sites (N-methyl/N-ethyl adjacent to an activating group) is 1. The normalized spacial score (nSPS) is 10.2. The summed E-state index contributed by atoms with van der Waals surface area (Å²) in [5.74, 6) is -0.0916. The molecule has 0 aromatic heterocycles. The molecule has 0 heterocycles. The summed E-state index contributed by atoms with van der Waals surface area (Å²) < 4.78 is 5.57. The number of nitrogens with zero attached hydrogens (tertiary/aromatic N) is 2. The maximum absolute atomic E-state index is 11.2. The van der Waals surface area contributed by atoms with Crippen LogP contribution in [0.2, 0.25) is 5.02 Å². The molecular weight excluding hydrogens is 334 g/mol. The molecule has 2 N–H and O–H groups in total. The summed E-state index contributed by atoms with van der Waals surface area (Å²) in [5, 5.41) is 11.8. The SMILES string of the molecule is CN(CCOc1cccc(Cl)c1)c1ccc(C(N)=O)cc1[N+](=O)[O-]. The number of halogens is 1. The average molecular weight is 350 g/mol. The lowest BCUT2D eigenvalue weighted by Crippen LogP contribution is -2.24. The summed E-state index contributed by atoms with van der Waals surface area (Å²) in [4.78, 5) is 23.5. The molecular formula is C16H16ClN3O4. The summed E-state index contributed by atoms with van der Waals surface area (Å²) in [6, 6.07) is 11.1. The molecule has 7 nitrogen and oxygen atoms in total. The number of hydrogen-bond acceptors (Lipinski definition) is 5. The molecule has 0 bridgehead atoms. The van der Waals surface area contributed by atoms with Gasteiger partial charge in [-0.15, -0.1) is 0 Å². The highest BCUT2D eigenvalue weighted by atomic mass is 35.5. The van der Waals surface area contributed by atoms with Crippen LogP contribution >= 0.6 is 11.6 Å². The fourth-order valence-electron chi connectivity index (χ4n) is 2.12. The second-order valence-electron chi connectivity index (χ2n) is 5.05. The van der Waals surface area contributed by atoms with Crippen molar-refractivity contribution in [3.63, 3.8) is 0 Å². The maximum atomic E-state index is 11.2. The van der Waals surface area contributed by atoms with Crippen LogP contribution in [-0.2, 0) is 0 Å². The van der Waals surface area contributed by atoms with Gasteiger partial charge in [-0.1, -0.05) is 17.7 Å². The van der Waals surface area contributed by atoms with Crippen molar-refractivity contribution in [2.45, 2.75) is 0 Å². The summed E-state index contributed by atoms with van der Waals surface area (Å²) >= 11 is 5.88. The number of benzene rings is 2. The molecule has 2 rings (SSSR count). The number of nitro benzene ring substituents is 1. The van der Waals surface area contributed by atoms with Gasteiger partial charge >= 0.3 is 0 Å². The number of nitro groups is 1. The number of hydrogen-bond donors (Lipinski definition) is 1. The number of carbonyl (C=O) groups excluding carboxylic acids is 1. The van der Waals surface area contributed by atoms with E-state index in [0.717, 1.165) is 0 Å². The Morgan fingerprint density at radius 1 is 1.33 bits per heavy atom. The van der Waals surface area contributed by atoms with Gasteiger partial charge in [0.05, 0.1) is 11.5 Å². The number of ether oxygens (including phenoxy) is 1. The molecule has 8 heteroatoms. The Morgan fingerprint density at radius 2 is 2.08 bits per heavy atom. The van der Waals surface area contributed by atoms with E-state index in [2.05, 4.69) is 0 Å². The molecule has 0 saturated carbocycles. The van der Waals surface area contributed by atoms with E-state index in [1.807, 2.05) is 0 Å². The number of rotatable bonds is 7. The maximum Gasteiger partial charge on any atom is 0.293 e. The number of primary amides is 1. The minimum Gasteiger partial charge on any atom is -0.492 e. The van der Waals surface area contributed by atoms with Crippen LogP contribution in [0.3, 0.4) is 0 Å². The molecule has 0 aliphatic heterocycles. The standard InChI is InChI=1S/C16H16ClN3O4/c1-19(7-8-24-13-4-2-3-12(17)10-13)14-6-5-11(16(18)21)9-15(14)20(22)23/h2-6,9-10H,7-8H2,1H3,(H2,18,21). The van der Waals surface area contributed by atoms with Gasteiger partial charge in [-0.3, -0.25) is 14.9 Å². The van der Waals surface area contributed by atoms with E-state index in [9.17, 15) is 14.9 Å². The van der Waals surface area contributed by atoms with Crippen molar-refractivity contribution in [2.75, 3.05) is 25.1 Å². The summed E-state index contributed by atoms with van der Waals surface area (Å²) in [5.41, 5.74) is 5.44. The molecule has 0 aliphatic rings. The van der Waals surface area contributed by atoms with Crippen molar-refractivity contribution in [3.8, 4) is 5.75 Å². The summed E-state index contributed by atoms with van der Waals surface area (Å²) in [7, 11) is 1.70. The van der Waals surface area contributed by atoms with Crippen LogP contribution in [0.15, 0.2) is 42.5 Å². The van der Waals surface area contributed by atoms with Gasteiger partial charge in [-0.25, -0.2) is 0 Å². The molecule has 2 aromatic carbocycles. The lowest BCUT2D eigenvalue weighted by molar-refractivity contribution is -0.384. The monoisotopic (exact) mass is 349 g/mol. The molecule has 0 spiro atoms. The molecule has 0 radical (unpaired) electrons. The third kappa shape index (κ3) is 4.36. The zero-order chi connectivity index (χ0) is 17.7. The van der Waals surface area contributed by atoms with E-state index in [-0.39, 0.29) is 11.3 Å². The van der Waals surface area contributed by atoms with E-state index < -0.39 is 10.8 Å². The minimum atomic E-state index is -0.711. The third-order valence-corrected chi connectivity index (χ3v) is 3.59. The fraction of sp³-hybridized carbons (Fsp3) is 0.188. The Hall–Kier alpha value is -2.80. The Morgan fingerprint density at radius 3 is 2.71 bits per heavy atom. The van der Waals surface area contributed by atoms with Crippen LogP contribution in [0.25, 0.3) is 0 Å². The Kier molecular flexibility index (Phi) is 5.59. The van der Waals surface area contributed by atoms with Gasteiger partial charge in [0, 0.05) is 23.7 Å². The zero-order valence-electron chi connectivity index (χ0n) is 12.9. The van der Waals surface area contributed by atoms with Crippen molar-refractivity contribution in [2.24, 2.45) is 5.73 Å². The lowest BCUT2D eigenvalue weighted by Gasteiger charge is -2.19. The molecule has 0 atom stereocenters. The smallest absolute Gasteiger partial charge is 0.293 e. The lowest BCUT2D eigenvalue weighted by atomic mass is 10.1. The highest BCUT2D eigenvalue weighted by Gasteiger charge is 2.19. The van der Waals surface area contributed by atoms with Crippen molar-refractivity contribution in [3.05, 3.63) is 63.2 Å². The van der Waals surface area contributed by atoms with Crippen LogP contribution in [-0.4, -0.2) is 31.0 Å². The van der Waals surface area contributed by atoms with Crippen molar-refractivity contribution >= 4 is 28.9 Å². The summed E-state index contributed by atoms with van der Waals surface area (Å²) in [6.45, 7) is 0.717. The zero-order valence-corrected chi connectivity index (χ0v) is 13.7. The molecule has 24 heavy (non-hydrogen) atoms. The van der Waals surface area contributed by atoms with E-state index in [1.165, 1.54) is 18.2 Å². The Labute approximate surface area is 143 Å². The molecule has 0 fully saturated rings. The molecule has 0 aliphatic carbocycles. The fourth-order valence-corrected chi connectivity index (χ4v) is 2.30. The van der Waals surface area contributed by atoms with Crippen LogP contribution in [0.5, 0.6) is 5.75 Å². The van der Waals surface area contributed by atoms with Crippen LogP contribution < -0.4 is 15.4 Å². The van der Waals surface area contributed by atoms with Gasteiger partial charge in [-0.2, -0.15) is 0 Å². The van der Waals surface area contributed by atoms with Crippen molar-refractivity contribution < 1.29 is 14.5 Å². The Balaban J connectivity index is 2.07. The molecule has 2 aromatic rings. The van der Waals surface area contributed by atoms with E-state index in [1.54, 1.807) is 36.2 Å². The second kappa shape index (κ2) is 7.65. The Bertz CT molecular complexity index is 767. The first kappa shape index (κ1) is 17.6. The number of amides is 1. The third-order valence-electron chi connectivity index (χ3n) is 3.36. The van der Waals surface area contributed by atoms with Gasteiger partial charge in [-0.05, 0) is 30.3 Å². The van der Waals surface area contributed by atoms with Gasteiger partial charge in [0.1, 0.15) is 18.0 Å². The van der Waals surface area contributed by atoms with Crippen LogP contribution in [0, 0.1) is 10.1 Å². The van der Waals surface area contributed by atoms with E-state index in [0.29, 0.717) is 29.6 Å². The summed E-state index contributed by atoms with van der Waals surface area (Å²) in [6.07, 6.45) is 0. The number of carbonyl (C=O) groups is 1. The van der Waals surface area contributed by atoms with Crippen molar-refractivity contribution in [1.82, 2.24) is 0 Å². The van der Waals surface area contributed by atoms with Crippen molar-refractivity contribution in [1.29, 1.82) is 0 Å². The predicted molar refractivity (Wildman–Crippen MR) is 91.8 cm³/mol. The average Bonchev–Trinajstić information content (AvgIpc) is 2.54. The first-order valence-corrected chi connectivity index (χ1v) is 7.44. The highest BCUT2D eigenvalue weighted by Crippen LogP contribution is 2.28. The van der Waals surface area contributed by atoms with E-state index >= 15 is 0 Å². The second-order valence-corrected chi connectivity index (χ2v) is 5.49. The first-order valence-electron chi connectivity index (χ1n) is 7.06. The van der Waals surface area contributed by atoms with Gasteiger partial charge in [0.2, 0.25) is 5.91 Å².